The molecule has 0 aromatic carbocycles. The summed E-state index contributed by atoms with van der Waals surface area (Å²) >= 11 is 0. The monoisotopic (exact) mass is 251 g/mol. The number of ether oxygens (including phenoxy) is 1. The molecular weight excluding hydrogens is 234 g/mol. The van der Waals surface area contributed by atoms with Crippen LogP contribution in [0, 0.1) is 0 Å². The first-order valence-corrected chi connectivity index (χ1v) is 5.66. The first kappa shape index (κ1) is 14.0. The Balaban J connectivity index is 2.46. The summed E-state index contributed by atoms with van der Waals surface area (Å²) in [7, 11) is 1.79. The summed E-state index contributed by atoms with van der Waals surface area (Å²) in [4.78, 5) is 22.8. The van der Waals surface area contributed by atoms with E-state index < -0.39 is 12.0 Å². The van der Waals surface area contributed by atoms with Crippen LogP contribution in [0.2, 0.25) is 0 Å². The van der Waals surface area contributed by atoms with Gasteiger partial charge in [0.15, 0.2) is 0 Å². The van der Waals surface area contributed by atoms with Crippen molar-refractivity contribution in [2.75, 3.05) is 6.61 Å². The molecule has 98 valence electrons. The largest absolute Gasteiger partial charge is 0.464 e. The molecule has 1 heterocycles. The van der Waals surface area contributed by atoms with Crippen molar-refractivity contribution in [3.63, 3.8) is 0 Å². The maximum Gasteiger partial charge on any atom is 0.328 e. The normalized spacial score (nSPS) is 12.4. The summed E-state index contributed by atoms with van der Waals surface area (Å²) in [5.74, 6) is -0.792. The van der Waals surface area contributed by atoms with E-state index in [9.17, 15) is 9.59 Å². The van der Waals surface area contributed by atoms with Gasteiger partial charge in [-0.3, -0.25) is 9.48 Å². The second-order valence-electron chi connectivity index (χ2n) is 3.76. The Hall–Kier alpha value is -2.11. The third-order valence-electron chi connectivity index (χ3n) is 2.15. The maximum absolute atomic E-state index is 11.5. The fourth-order valence-corrected chi connectivity index (χ4v) is 1.29. The summed E-state index contributed by atoms with van der Waals surface area (Å²) in [6.45, 7) is 3.59. The molecule has 0 saturated carbocycles. The van der Waals surface area contributed by atoms with Crippen LogP contribution in [-0.4, -0.2) is 34.3 Å². The molecule has 0 bridgehead atoms. The van der Waals surface area contributed by atoms with Crippen molar-refractivity contribution in [1.82, 2.24) is 15.1 Å². The van der Waals surface area contributed by atoms with Gasteiger partial charge >= 0.3 is 5.97 Å². The number of nitrogens with zero attached hydrogens (tertiary/aromatic N) is 2. The number of aryl methyl sites for hydroxylation is 1. The highest BCUT2D eigenvalue weighted by molar-refractivity contribution is 5.94. The molecule has 1 unspecified atom stereocenters. The third-order valence-corrected chi connectivity index (χ3v) is 2.15. The molecule has 1 aromatic rings. The molecule has 0 aliphatic heterocycles. The molecule has 0 fully saturated rings. The van der Waals surface area contributed by atoms with Gasteiger partial charge < -0.3 is 10.1 Å². The first-order chi connectivity index (χ1) is 8.52. The number of hydrogen-bond donors (Lipinski definition) is 1. The van der Waals surface area contributed by atoms with Crippen molar-refractivity contribution in [3.05, 3.63) is 24.0 Å². The molecule has 0 radical (unpaired) electrons. The van der Waals surface area contributed by atoms with Crippen molar-refractivity contribution in [2.45, 2.75) is 19.9 Å². The van der Waals surface area contributed by atoms with E-state index in [0.29, 0.717) is 6.61 Å². The van der Waals surface area contributed by atoms with E-state index in [2.05, 4.69) is 10.4 Å². The molecule has 1 N–H and O–H groups in total. The molecular formula is C12H17N3O3. The number of amides is 1. The van der Waals surface area contributed by atoms with E-state index in [1.54, 1.807) is 44.0 Å². The second-order valence-corrected chi connectivity index (χ2v) is 3.76. The van der Waals surface area contributed by atoms with Crippen molar-refractivity contribution in [2.24, 2.45) is 7.05 Å². The average Bonchev–Trinajstić information content (AvgIpc) is 2.73. The molecule has 18 heavy (non-hydrogen) atoms. The number of nitrogens with one attached hydrogen (secondary N) is 1. The number of hydrogen-bond acceptors (Lipinski definition) is 4. The number of carbonyl (C=O) groups is 2. The average molecular weight is 251 g/mol. The van der Waals surface area contributed by atoms with Crippen molar-refractivity contribution < 1.29 is 14.3 Å². The van der Waals surface area contributed by atoms with E-state index in [-0.39, 0.29) is 5.91 Å². The van der Waals surface area contributed by atoms with E-state index in [0.717, 1.165) is 5.56 Å². The van der Waals surface area contributed by atoms with Gasteiger partial charge in [-0.2, -0.15) is 5.10 Å². The summed E-state index contributed by atoms with van der Waals surface area (Å²) in [6, 6.07) is -0.656. The highest BCUT2D eigenvalue weighted by Crippen LogP contribution is 1.99. The van der Waals surface area contributed by atoms with Gasteiger partial charge in [0.2, 0.25) is 5.91 Å². The second kappa shape index (κ2) is 6.58. The number of rotatable bonds is 5. The Morgan fingerprint density at radius 3 is 2.89 bits per heavy atom. The lowest BCUT2D eigenvalue weighted by molar-refractivity contribution is -0.146. The van der Waals surface area contributed by atoms with Crippen LogP contribution < -0.4 is 5.32 Å². The Morgan fingerprint density at radius 1 is 1.61 bits per heavy atom. The Labute approximate surface area is 106 Å². The van der Waals surface area contributed by atoms with Gasteiger partial charge in [0.05, 0.1) is 12.8 Å². The Morgan fingerprint density at radius 2 is 2.33 bits per heavy atom. The van der Waals surface area contributed by atoms with Crippen molar-refractivity contribution >= 4 is 18.0 Å². The van der Waals surface area contributed by atoms with E-state index in [4.69, 9.17) is 4.74 Å². The van der Waals surface area contributed by atoms with Crippen LogP contribution in [0.25, 0.3) is 6.08 Å². The van der Waals surface area contributed by atoms with Crippen LogP contribution in [0.4, 0.5) is 0 Å². The minimum atomic E-state index is -0.656. The van der Waals surface area contributed by atoms with Crippen molar-refractivity contribution in [1.29, 1.82) is 0 Å². The summed E-state index contributed by atoms with van der Waals surface area (Å²) in [5, 5.41) is 6.48. The quantitative estimate of drug-likeness (QED) is 0.611. The predicted molar refractivity (Wildman–Crippen MR) is 66.5 cm³/mol. The highest BCUT2D eigenvalue weighted by atomic mass is 16.5. The summed E-state index contributed by atoms with van der Waals surface area (Å²) in [6.07, 6.45) is 6.39. The lowest BCUT2D eigenvalue weighted by atomic mass is 10.3. The standard InChI is InChI=1S/C12H17N3O3/c1-4-18-12(17)9(2)14-11(16)6-5-10-7-13-15(3)8-10/h5-9H,4H2,1-3H3,(H,14,16)/b6-5+. The molecule has 0 aliphatic rings. The minimum absolute atomic E-state index is 0.296. The van der Waals surface area contributed by atoms with Crippen LogP contribution in [0.5, 0.6) is 0 Å². The van der Waals surface area contributed by atoms with Crippen LogP contribution in [0.1, 0.15) is 19.4 Å². The fourth-order valence-electron chi connectivity index (χ4n) is 1.29. The molecule has 1 rings (SSSR count). The van der Waals surface area contributed by atoms with Crippen LogP contribution in [0.3, 0.4) is 0 Å². The zero-order valence-corrected chi connectivity index (χ0v) is 10.7. The molecule has 0 aliphatic carbocycles. The minimum Gasteiger partial charge on any atom is -0.464 e. The Bertz CT molecular complexity index is 451. The molecule has 6 heteroatoms. The SMILES string of the molecule is CCOC(=O)C(C)NC(=O)/C=C/c1cnn(C)c1. The smallest absolute Gasteiger partial charge is 0.328 e. The number of carbonyl (C=O) groups excluding carboxylic acids is 2. The lowest BCUT2D eigenvalue weighted by Gasteiger charge is -2.10. The molecule has 1 aromatic heterocycles. The fraction of sp³-hybridized carbons (Fsp3) is 0.417. The van der Waals surface area contributed by atoms with Gasteiger partial charge in [-0.15, -0.1) is 0 Å². The molecule has 1 amide bonds. The predicted octanol–water partition coefficient (Wildman–Crippen LogP) is 0.501. The zero-order valence-electron chi connectivity index (χ0n) is 10.7. The molecule has 1 atom stereocenters. The van der Waals surface area contributed by atoms with Gasteiger partial charge in [0.1, 0.15) is 6.04 Å². The van der Waals surface area contributed by atoms with Gasteiger partial charge in [0, 0.05) is 24.9 Å². The van der Waals surface area contributed by atoms with Gasteiger partial charge in [-0.1, -0.05) is 0 Å². The van der Waals surface area contributed by atoms with Crippen molar-refractivity contribution in [3.8, 4) is 0 Å². The number of aromatic nitrogens is 2. The van der Waals surface area contributed by atoms with E-state index in [1.165, 1.54) is 6.08 Å². The van der Waals surface area contributed by atoms with Crippen LogP contribution >= 0.6 is 0 Å². The van der Waals surface area contributed by atoms with Crippen LogP contribution in [-0.2, 0) is 21.4 Å². The van der Waals surface area contributed by atoms with Crippen LogP contribution in [0.15, 0.2) is 18.5 Å². The zero-order chi connectivity index (χ0) is 13.5. The Kier molecular flexibility index (Phi) is 5.10. The lowest BCUT2D eigenvalue weighted by Crippen LogP contribution is -2.38. The van der Waals surface area contributed by atoms with Gasteiger partial charge in [0.25, 0.3) is 0 Å². The molecule has 0 spiro atoms. The number of esters is 1. The van der Waals surface area contributed by atoms with Gasteiger partial charge in [-0.05, 0) is 19.9 Å². The first-order valence-electron chi connectivity index (χ1n) is 5.66. The molecule has 6 nitrogen and oxygen atoms in total. The van der Waals surface area contributed by atoms with Gasteiger partial charge in [-0.25, -0.2) is 4.79 Å². The summed E-state index contributed by atoms with van der Waals surface area (Å²) < 4.78 is 6.42. The summed E-state index contributed by atoms with van der Waals surface area (Å²) in [5.41, 5.74) is 0.816. The van der Waals surface area contributed by atoms with E-state index >= 15 is 0 Å². The van der Waals surface area contributed by atoms with E-state index in [1.807, 2.05) is 0 Å². The highest BCUT2D eigenvalue weighted by Gasteiger charge is 2.14. The third kappa shape index (κ3) is 4.40. The topological polar surface area (TPSA) is 73.2 Å². The molecule has 0 saturated heterocycles. The maximum atomic E-state index is 11.5.